The molecule has 1 saturated carbocycles. The lowest BCUT2D eigenvalue weighted by Gasteiger charge is -2.22. The highest BCUT2D eigenvalue weighted by Gasteiger charge is 2.54. The molecule has 3 aliphatic rings. The van der Waals surface area contributed by atoms with Crippen LogP contribution in [0.1, 0.15) is 19.3 Å². The van der Waals surface area contributed by atoms with Gasteiger partial charge in [-0.1, -0.05) is 0 Å². The van der Waals surface area contributed by atoms with Crippen LogP contribution in [0.15, 0.2) is 0 Å². The summed E-state index contributed by atoms with van der Waals surface area (Å²) in [4.78, 5) is 13.8. The molecule has 17 heavy (non-hydrogen) atoms. The van der Waals surface area contributed by atoms with E-state index in [2.05, 4.69) is 5.32 Å². The maximum Gasteiger partial charge on any atom is 0.252 e. The molecule has 2 aliphatic heterocycles. The van der Waals surface area contributed by atoms with Crippen molar-refractivity contribution in [2.24, 2.45) is 17.8 Å². The van der Waals surface area contributed by atoms with E-state index in [-0.39, 0.29) is 30.7 Å². The first kappa shape index (κ1) is 11.4. The smallest absolute Gasteiger partial charge is 0.252 e. The number of likely N-dealkylation sites (tertiary alicyclic amines) is 1. The average molecular weight is 244 g/mol. The zero-order valence-corrected chi connectivity index (χ0v) is 9.79. The predicted octanol–water partition coefficient (Wildman–Crippen LogP) is 1.10. The minimum atomic E-state index is -2.55. The Morgan fingerprint density at radius 1 is 1.29 bits per heavy atom. The summed E-state index contributed by atoms with van der Waals surface area (Å²) in [5.41, 5.74) is 0. The minimum absolute atomic E-state index is 0.00927. The van der Waals surface area contributed by atoms with Gasteiger partial charge in [0.15, 0.2) is 0 Å². The fourth-order valence-corrected chi connectivity index (χ4v) is 3.51. The van der Waals surface area contributed by atoms with Crippen LogP contribution < -0.4 is 5.32 Å². The van der Waals surface area contributed by atoms with E-state index in [1.165, 1.54) is 0 Å². The molecule has 2 heterocycles. The van der Waals surface area contributed by atoms with E-state index < -0.39 is 11.8 Å². The van der Waals surface area contributed by atoms with Crippen molar-refractivity contribution < 1.29 is 13.6 Å². The Kier molecular flexibility index (Phi) is 2.61. The van der Waals surface area contributed by atoms with Gasteiger partial charge in [-0.15, -0.1) is 0 Å². The molecule has 1 amide bonds. The van der Waals surface area contributed by atoms with Crippen molar-refractivity contribution in [3.8, 4) is 0 Å². The van der Waals surface area contributed by atoms with Crippen LogP contribution >= 0.6 is 0 Å². The summed E-state index contributed by atoms with van der Waals surface area (Å²) < 4.78 is 27.1. The standard InChI is InChI=1S/C12H18F2N2O/c13-12(14)3-1-9-6-16(7-10(9)12)11(17)8-2-4-15-5-8/h8-10,15H,1-7H2/t8-,9-,10+/m1/s1. The number of halogens is 2. The van der Waals surface area contributed by atoms with Gasteiger partial charge in [0.2, 0.25) is 5.91 Å². The molecule has 3 fully saturated rings. The topological polar surface area (TPSA) is 32.3 Å². The van der Waals surface area contributed by atoms with Crippen LogP contribution in [0.4, 0.5) is 8.78 Å². The Labute approximate surface area is 99.5 Å². The lowest BCUT2D eigenvalue weighted by atomic mass is 9.99. The molecule has 0 aromatic carbocycles. The van der Waals surface area contributed by atoms with Crippen molar-refractivity contribution in [3.05, 3.63) is 0 Å². The van der Waals surface area contributed by atoms with Crippen molar-refractivity contribution >= 4 is 5.91 Å². The van der Waals surface area contributed by atoms with Gasteiger partial charge in [-0.25, -0.2) is 8.78 Å². The minimum Gasteiger partial charge on any atom is -0.342 e. The van der Waals surface area contributed by atoms with Crippen LogP contribution in [-0.4, -0.2) is 42.9 Å². The number of alkyl halides is 2. The molecule has 3 rings (SSSR count). The van der Waals surface area contributed by atoms with E-state index in [0.29, 0.717) is 19.5 Å². The molecule has 3 atom stereocenters. The molecule has 0 radical (unpaired) electrons. The van der Waals surface area contributed by atoms with Gasteiger partial charge in [0.05, 0.1) is 5.92 Å². The fourth-order valence-electron chi connectivity index (χ4n) is 3.51. The molecule has 96 valence electrons. The van der Waals surface area contributed by atoms with Gasteiger partial charge in [0.25, 0.3) is 5.92 Å². The lowest BCUT2D eigenvalue weighted by Crippen LogP contribution is -2.37. The third-order valence-corrected chi connectivity index (χ3v) is 4.55. The first-order valence-corrected chi connectivity index (χ1v) is 6.45. The fraction of sp³-hybridized carbons (Fsp3) is 0.917. The Hall–Kier alpha value is -0.710. The molecule has 2 saturated heterocycles. The third kappa shape index (κ3) is 1.84. The molecule has 1 N–H and O–H groups in total. The largest absolute Gasteiger partial charge is 0.342 e. The monoisotopic (exact) mass is 244 g/mol. The zero-order valence-electron chi connectivity index (χ0n) is 9.79. The van der Waals surface area contributed by atoms with Crippen LogP contribution in [0.3, 0.4) is 0 Å². The third-order valence-electron chi connectivity index (χ3n) is 4.55. The number of hydrogen-bond donors (Lipinski definition) is 1. The summed E-state index contributed by atoms with van der Waals surface area (Å²) in [6.45, 7) is 2.40. The van der Waals surface area contributed by atoms with Crippen LogP contribution in [-0.2, 0) is 4.79 Å². The van der Waals surface area contributed by atoms with Crippen molar-refractivity contribution in [2.45, 2.75) is 25.2 Å². The number of carbonyl (C=O) groups is 1. The number of amides is 1. The lowest BCUT2D eigenvalue weighted by molar-refractivity contribution is -0.134. The number of fused-ring (bicyclic) bond motifs is 1. The van der Waals surface area contributed by atoms with Gasteiger partial charge in [-0.05, 0) is 25.3 Å². The molecule has 0 unspecified atom stereocenters. The number of nitrogens with zero attached hydrogens (tertiary/aromatic N) is 1. The Balaban J connectivity index is 1.66. The first-order valence-electron chi connectivity index (χ1n) is 6.45. The second kappa shape index (κ2) is 3.90. The highest BCUT2D eigenvalue weighted by molar-refractivity contribution is 5.79. The second-order valence-electron chi connectivity index (χ2n) is 5.60. The SMILES string of the molecule is O=C([C@@H]1CCNC1)N1C[C@H]2CCC(F)(F)[C@H]2C1. The van der Waals surface area contributed by atoms with E-state index in [0.717, 1.165) is 13.0 Å². The predicted molar refractivity (Wildman–Crippen MR) is 58.7 cm³/mol. The molecule has 0 aromatic heterocycles. The van der Waals surface area contributed by atoms with Crippen LogP contribution in [0.2, 0.25) is 0 Å². The summed E-state index contributed by atoms with van der Waals surface area (Å²) in [5, 5.41) is 3.15. The molecular weight excluding hydrogens is 226 g/mol. The molecule has 0 aromatic rings. The van der Waals surface area contributed by atoms with Gasteiger partial charge in [0.1, 0.15) is 0 Å². The van der Waals surface area contributed by atoms with Gasteiger partial charge in [-0.2, -0.15) is 0 Å². The Bertz CT molecular complexity index is 328. The van der Waals surface area contributed by atoms with E-state index in [1.54, 1.807) is 4.90 Å². The Morgan fingerprint density at radius 2 is 2.12 bits per heavy atom. The van der Waals surface area contributed by atoms with Crippen molar-refractivity contribution in [2.75, 3.05) is 26.2 Å². The zero-order chi connectivity index (χ0) is 12.0. The summed E-state index contributed by atoms with van der Waals surface area (Å²) in [5.74, 6) is -3.00. The number of rotatable bonds is 1. The number of carbonyl (C=O) groups excluding carboxylic acids is 1. The number of nitrogens with one attached hydrogen (secondary N) is 1. The van der Waals surface area contributed by atoms with E-state index in [1.807, 2.05) is 0 Å². The number of hydrogen-bond acceptors (Lipinski definition) is 2. The molecule has 3 nitrogen and oxygen atoms in total. The first-order chi connectivity index (χ1) is 8.08. The average Bonchev–Trinajstić information content (AvgIpc) is 2.97. The van der Waals surface area contributed by atoms with Crippen molar-refractivity contribution in [1.29, 1.82) is 0 Å². The van der Waals surface area contributed by atoms with Gasteiger partial charge >= 0.3 is 0 Å². The molecule has 0 spiro atoms. The normalized spacial score (nSPS) is 39.6. The molecular formula is C12H18F2N2O. The van der Waals surface area contributed by atoms with Crippen LogP contribution in [0.5, 0.6) is 0 Å². The highest BCUT2D eigenvalue weighted by atomic mass is 19.3. The van der Waals surface area contributed by atoms with E-state index in [4.69, 9.17) is 0 Å². The second-order valence-corrected chi connectivity index (χ2v) is 5.60. The van der Waals surface area contributed by atoms with Crippen LogP contribution in [0.25, 0.3) is 0 Å². The highest BCUT2D eigenvalue weighted by Crippen LogP contribution is 2.48. The van der Waals surface area contributed by atoms with Gasteiger partial charge in [0, 0.05) is 32.0 Å². The quantitative estimate of drug-likeness (QED) is 0.749. The molecule has 5 heteroatoms. The maximum atomic E-state index is 13.6. The summed E-state index contributed by atoms with van der Waals surface area (Å²) in [6.07, 6.45) is 1.43. The summed E-state index contributed by atoms with van der Waals surface area (Å²) >= 11 is 0. The van der Waals surface area contributed by atoms with Gasteiger partial charge in [-0.3, -0.25) is 4.79 Å². The summed E-state index contributed by atoms with van der Waals surface area (Å²) in [6, 6.07) is 0. The maximum absolute atomic E-state index is 13.6. The Morgan fingerprint density at radius 3 is 2.76 bits per heavy atom. The van der Waals surface area contributed by atoms with E-state index >= 15 is 0 Å². The van der Waals surface area contributed by atoms with Crippen LogP contribution in [0, 0.1) is 17.8 Å². The van der Waals surface area contributed by atoms with E-state index in [9.17, 15) is 13.6 Å². The molecule has 1 aliphatic carbocycles. The van der Waals surface area contributed by atoms with Crippen molar-refractivity contribution in [1.82, 2.24) is 10.2 Å². The molecule has 0 bridgehead atoms. The summed E-state index contributed by atoms with van der Waals surface area (Å²) in [7, 11) is 0. The van der Waals surface area contributed by atoms with Crippen molar-refractivity contribution in [3.63, 3.8) is 0 Å². The van der Waals surface area contributed by atoms with Gasteiger partial charge < -0.3 is 10.2 Å².